The van der Waals surface area contributed by atoms with E-state index in [-0.39, 0.29) is 11.4 Å². The number of carboxylic acids is 1. The molecule has 0 aromatic carbocycles. The fraction of sp³-hybridized carbons (Fsp3) is 0.444. The predicted molar refractivity (Wildman–Crippen MR) is 59.0 cm³/mol. The molecule has 0 aliphatic rings. The number of rotatable bonds is 5. The van der Waals surface area contributed by atoms with Gasteiger partial charge < -0.3 is 10.8 Å². The van der Waals surface area contributed by atoms with E-state index in [9.17, 15) is 4.79 Å². The number of hydrogen-bond acceptors (Lipinski definition) is 5. The smallest absolute Gasteiger partial charge is 0.341 e. The van der Waals surface area contributed by atoms with Crippen molar-refractivity contribution in [3.8, 4) is 0 Å². The number of carbonyl (C=O) groups is 1. The average Bonchev–Trinajstić information content (AvgIpc) is 2.17. The van der Waals surface area contributed by atoms with E-state index in [0.29, 0.717) is 5.16 Å². The Hall–Kier alpha value is -1.30. The molecule has 1 aromatic heterocycles. The van der Waals surface area contributed by atoms with Crippen molar-refractivity contribution in [3.05, 3.63) is 11.8 Å². The summed E-state index contributed by atoms with van der Waals surface area (Å²) in [4.78, 5) is 18.5. The van der Waals surface area contributed by atoms with Crippen LogP contribution in [0.1, 0.15) is 30.1 Å². The van der Waals surface area contributed by atoms with E-state index in [1.807, 2.05) is 0 Å². The van der Waals surface area contributed by atoms with Gasteiger partial charge in [-0.05, 0) is 6.42 Å². The number of carboxylic acid groups (broad SMARTS) is 1. The maximum atomic E-state index is 10.6. The van der Waals surface area contributed by atoms with Crippen molar-refractivity contribution in [1.82, 2.24) is 9.97 Å². The molecule has 82 valence electrons. The molecule has 0 bridgehead atoms. The monoisotopic (exact) mass is 227 g/mol. The zero-order valence-corrected chi connectivity index (χ0v) is 9.25. The average molecular weight is 227 g/mol. The third-order valence-corrected chi connectivity index (χ3v) is 2.70. The molecule has 1 heterocycles. The summed E-state index contributed by atoms with van der Waals surface area (Å²) >= 11 is 1.48. The van der Waals surface area contributed by atoms with Crippen LogP contribution in [0.15, 0.2) is 11.4 Å². The van der Waals surface area contributed by atoms with Crippen LogP contribution in [0.5, 0.6) is 0 Å². The van der Waals surface area contributed by atoms with Gasteiger partial charge in [0.1, 0.15) is 11.4 Å². The fourth-order valence-corrected chi connectivity index (χ4v) is 1.83. The molecule has 15 heavy (non-hydrogen) atoms. The van der Waals surface area contributed by atoms with Gasteiger partial charge in [-0.15, -0.1) is 0 Å². The van der Waals surface area contributed by atoms with Gasteiger partial charge in [0.25, 0.3) is 0 Å². The van der Waals surface area contributed by atoms with Gasteiger partial charge in [0, 0.05) is 11.9 Å². The first-order valence-electron chi connectivity index (χ1n) is 4.63. The number of hydrogen-bond donors (Lipinski definition) is 2. The molecule has 6 heteroatoms. The summed E-state index contributed by atoms with van der Waals surface area (Å²) in [6.45, 7) is 2.10. The number of nitrogen functional groups attached to an aromatic ring is 1. The number of nitrogens with two attached hydrogens (primary N) is 1. The van der Waals surface area contributed by atoms with Crippen LogP contribution in [0.4, 0.5) is 5.82 Å². The maximum Gasteiger partial charge on any atom is 0.341 e. The van der Waals surface area contributed by atoms with Gasteiger partial charge in [-0.3, -0.25) is 0 Å². The lowest BCUT2D eigenvalue weighted by atomic mass is 10.3. The van der Waals surface area contributed by atoms with Gasteiger partial charge >= 0.3 is 5.97 Å². The van der Waals surface area contributed by atoms with Gasteiger partial charge in [-0.1, -0.05) is 25.1 Å². The molecule has 0 aliphatic carbocycles. The van der Waals surface area contributed by atoms with Crippen LogP contribution in [0.3, 0.4) is 0 Å². The molecule has 0 fully saturated rings. The Kier molecular flexibility index (Phi) is 4.36. The summed E-state index contributed by atoms with van der Waals surface area (Å²) in [6, 6.07) is 0. The second-order valence-corrected chi connectivity index (χ2v) is 4.02. The highest BCUT2D eigenvalue weighted by Crippen LogP contribution is 2.17. The minimum absolute atomic E-state index is 0.0245. The van der Waals surface area contributed by atoms with Crippen LogP contribution in [-0.4, -0.2) is 26.8 Å². The van der Waals surface area contributed by atoms with E-state index in [1.54, 1.807) is 0 Å². The maximum absolute atomic E-state index is 10.6. The molecule has 0 saturated heterocycles. The van der Waals surface area contributed by atoms with E-state index in [1.165, 1.54) is 18.0 Å². The van der Waals surface area contributed by atoms with Crippen molar-refractivity contribution in [2.75, 3.05) is 11.5 Å². The largest absolute Gasteiger partial charge is 0.477 e. The summed E-state index contributed by atoms with van der Waals surface area (Å²) in [5.74, 6) is -0.156. The summed E-state index contributed by atoms with van der Waals surface area (Å²) in [5, 5.41) is 9.24. The summed E-state index contributed by atoms with van der Waals surface area (Å²) < 4.78 is 0. The van der Waals surface area contributed by atoms with Crippen molar-refractivity contribution in [2.24, 2.45) is 0 Å². The van der Waals surface area contributed by atoms with E-state index in [4.69, 9.17) is 10.8 Å². The van der Waals surface area contributed by atoms with Crippen LogP contribution in [0, 0.1) is 0 Å². The second kappa shape index (κ2) is 5.55. The first-order valence-corrected chi connectivity index (χ1v) is 5.62. The molecule has 0 aliphatic heterocycles. The summed E-state index contributed by atoms with van der Waals surface area (Å²) in [6.07, 6.45) is 3.43. The molecule has 0 radical (unpaired) electrons. The number of anilines is 1. The number of thioether (sulfide) groups is 1. The molecule has 1 rings (SSSR count). The Morgan fingerprint density at radius 1 is 1.67 bits per heavy atom. The van der Waals surface area contributed by atoms with Crippen LogP contribution in [0.25, 0.3) is 0 Å². The Morgan fingerprint density at radius 2 is 2.40 bits per heavy atom. The van der Waals surface area contributed by atoms with Gasteiger partial charge in [0.2, 0.25) is 0 Å². The van der Waals surface area contributed by atoms with Gasteiger partial charge in [-0.25, -0.2) is 14.8 Å². The van der Waals surface area contributed by atoms with Gasteiger partial charge in [0.15, 0.2) is 5.16 Å². The van der Waals surface area contributed by atoms with Crippen LogP contribution >= 0.6 is 11.8 Å². The molecule has 3 N–H and O–H groups in total. The highest BCUT2D eigenvalue weighted by atomic mass is 32.2. The number of nitrogens with zero attached hydrogens (tertiary/aromatic N) is 2. The highest BCUT2D eigenvalue weighted by Gasteiger charge is 2.10. The quantitative estimate of drug-likeness (QED) is 0.451. The lowest BCUT2D eigenvalue weighted by Crippen LogP contribution is -2.06. The Bertz CT molecular complexity index is 357. The topological polar surface area (TPSA) is 89.1 Å². The van der Waals surface area contributed by atoms with Crippen LogP contribution in [0.2, 0.25) is 0 Å². The SMILES string of the molecule is CCCCSc1ncc(C(=O)O)c(N)n1. The Labute approximate surface area is 92.1 Å². The fourth-order valence-electron chi connectivity index (χ4n) is 0.920. The molecule has 0 spiro atoms. The third-order valence-electron chi connectivity index (χ3n) is 1.76. The molecule has 0 saturated carbocycles. The van der Waals surface area contributed by atoms with Crippen LogP contribution < -0.4 is 5.73 Å². The zero-order valence-electron chi connectivity index (χ0n) is 8.43. The lowest BCUT2D eigenvalue weighted by Gasteiger charge is -2.02. The summed E-state index contributed by atoms with van der Waals surface area (Å²) in [7, 11) is 0. The predicted octanol–water partition coefficient (Wildman–Crippen LogP) is 1.65. The number of aromatic carboxylic acids is 1. The third kappa shape index (κ3) is 3.39. The van der Waals surface area contributed by atoms with Crippen LogP contribution in [-0.2, 0) is 0 Å². The minimum atomic E-state index is -1.10. The number of aromatic nitrogens is 2. The zero-order chi connectivity index (χ0) is 11.3. The summed E-state index contributed by atoms with van der Waals surface area (Å²) in [5.41, 5.74) is 5.43. The van der Waals surface area contributed by atoms with Gasteiger partial charge in [0.05, 0.1) is 0 Å². The van der Waals surface area contributed by atoms with Crippen molar-refractivity contribution < 1.29 is 9.90 Å². The van der Waals surface area contributed by atoms with E-state index in [0.717, 1.165) is 18.6 Å². The van der Waals surface area contributed by atoms with E-state index < -0.39 is 5.97 Å². The minimum Gasteiger partial charge on any atom is -0.477 e. The van der Waals surface area contributed by atoms with Crippen molar-refractivity contribution in [3.63, 3.8) is 0 Å². The van der Waals surface area contributed by atoms with E-state index in [2.05, 4.69) is 16.9 Å². The normalized spacial score (nSPS) is 10.2. The molecule has 5 nitrogen and oxygen atoms in total. The second-order valence-electron chi connectivity index (χ2n) is 2.96. The van der Waals surface area contributed by atoms with E-state index >= 15 is 0 Å². The molecule has 0 amide bonds. The van der Waals surface area contributed by atoms with Crippen molar-refractivity contribution >= 4 is 23.5 Å². The highest BCUT2D eigenvalue weighted by molar-refractivity contribution is 7.99. The lowest BCUT2D eigenvalue weighted by molar-refractivity contribution is 0.0697. The molecular formula is C9H13N3O2S. The molecule has 1 aromatic rings. The van der Waals surface area contributed by atoms with Gasteiger partial charge in [-0.2, -0.15) is 0 Å². The molecule has 0 atom stereocenters. The molecule has 0 unspecified atom stereocenters. The van der Waals surface area contributed by atoms with Crippen molar-refractivity contribution in [1.29, 1.82) is 0 Å². The van der Waals surface area contributed by atoms with Crippen molar-refractivity contribution in [2.45, 2.75) is 24.9 Å². The Balaban J connectivity index is 2.69. The first-order chi connectivity index (χ1) is 7.15. The molecular weight excluding hydrogens is 214 g/mol. The number of unbranched alkanes of at least 4 members (excludes halogenated alkanes) is 1. The Morgan fingerprint density at radius 3 is 2.93 bits per heavy atom. The first kappa shape index (κ1) is 11.8. The standard InChI is InChI=1S/C9H13N3O2S/c1-2-3-4-15-9-11-5-6(8(13)14)7(10)12-9/h5H,2-4H2,1H3,(H,13,14)(H2,10,11,12).